The minimum atomic E-state index is -0.785. The zero-order valence-corrected chi connectivity index (χ0v) is 10.9. The number of carbonyl (C=O) groups excluding carboxylic acids is 1. The van der Waals surface area contributed by atoms with Crippen molar-refractivity contribution in [2.75, 3.05) is 5.32 Å². The summed E-state index contributed by atoms with van der Waals surface area (Å²) in [4.78, 5) is 15.8. The topological polar surface area (TPSA) is 42.0 Å². The molecule has 0 aliphatic carbocycles. The van der Waals surface area contributed by atoms with Crippen LogP contribution in [0.3, 0.4) is 0 Å². The monoisotopic (exact) mass is 276 g/mol. The van der Waals surface area contributed by atoms with Gasteiger partial charge in [0, 0.05) is 18.8 Å². The Morgan fingerprint density at radius 3 is 2.55 bits per heavy atom. The second kappa shape index (κ2) is 6.23. The van der Waals surface area contributed by atoms with Crippen molar-refractivity contribution in [3.05, 3.63) is 59.9 Å². The summed E-state index contributed by atoms with van der Waals surface area (Å²) in [5.41, 5.74) is 0.493. The molecule has 1 aromatic carbocycles. The van der Waals surface area contributed by atoms with Gasteiger partial charge in [-0.25, -0.2) is 8.78 Å². The van der Waals surface area contributed by atoms with Crippen LogP contribution in [0.2, 0.25) is 0 Å². The lowest BCUT2D eigenvalue weighted by Crippen LogP contribution is -2.16. The first-order valence-electron chi connectivity index (χ1n) is 6.21. The van der Waals surface area contributed by atoms with E-state index < -0.39 is 23.2 Å². The molecule has 1 heterocycles. The van der Waals surface area contributed by atoms with Crippen LogP contribution in [-0.4, -0.2) is 10.9 Å². The molecular weight excluding hydrogens is 262 g/mol. The van der Waals surface area contributed by atoms with E-state index in [9.17, 15) is 13.6 Å². The number of aromatic nitrogens is 1. The second-order valence-electron chi connectivity index (χ2n) is 4.54. The molecule has 0 saturated heterocycles. The van der Waals surface area contributed by atoms with Gasteiger partial charge in [0.25, 0.3) is 0 Å². The Labute approximate surface area is 115 Å². The third-order valence-electron chi connectivity index (χ3n) is 2.97. The van der Waals surface area contributed by atoms with Gasteiger partial charge in [-0.3, -0.25) is 9.78 Å². The fourth-order valence-electron chi connectivity index (χ4n) is 1.87. The first-order valence-corrected chi connectivity index (χ1v) is 6.21. The Hall–Kier alpha value is -2.30. The van der Waals surface area contributed by atoms with E-state index in [1.165, 1.54) is 6.07 Å². The highest BCUT2D eigenvalue weighted by Crippen LogP contribution is 2.21. The molecule has 1 aromatic heterocycles. The minimum absolute atomic E-state index is 0.0847. The average molecular weight is 276 g/mol. The molecule has 1 N–H and O–H groups in total. The van der Waals surface area contributed by atoms with Crippen molar-refractivity contribution in [2.24, 2.45) is 0 Å². The minimum Gasteiger partial charge on any atom is -0.321 e. The number of hydrogen-bond acceptors (Lipinski definition) is 2. The molecule has 0 spiro atoms. The maximum absolute atomic E-state index is 13.4. The molecule has 104 valence electrons. The molecule has 3 nitrogen and oxygen atoms in total. The van der Waals surface area contributed by atoms with E-state index in [-0.39, 0.29) is 12.3 Å². The van der Waals surface area contributed by atoms with E-state index in [1.807, 2.05) is 13.0 Å². The van der Waals surface area contributed by atoms with Crippen molar-refractivity contribution in [1.82, 2.24) is 4.98 Å². The van der Waals surface area contributed by atoms with Gasteiger partial charge < -0.3 is 5.32 Å². The van der Waals surface area contributed by atoms with Crippen LogP contribution in [-0.2, 0) is 4.79 Å². The van der Waals surface area contributed by atoms with E-state index in [0.717, 1.165) is 17.7 Å². The van der Waals surface area contributed by atoms with Crippen molar-refractivity contribution < 1.29 is 13.6 Å². The van der Waals surface area contributed by atoms with Gasteiger partial charge in [-0.15, -0.1) is 0 Å². The number of amides is 1. The Balaban J connectivity index is 2.03. The number of anilines is 1. The number of rotatable bonds is 4. The number of nitrogens with zero attached hydrogens (tertiary/aromatic N) is 1. The van der Waals surface area contributed by atoms with Crippen molar-refractivity contribution in [1.29, 1.82) is 0 Å². The normalized spacial score (nSPS) is 11.9. The highest BCUT2D eigenvalue weighted by molar-refractivity contribution is 5.91. The fraction of sp³-hybridized carbons (Fsp3) is 0.200. The van der Waals surface area contributed by atoms with Crippen molar-refractivity contribution in [3.63, 3.8) is 0 Å². The molecule has 1 atom stereocenters. The molecule has 0 saturated carbocycles. The number of hydrogen-bond donors (Lipinski definition) is 1. The molecule has 1 unspecified atom stereocenters. The van der Waals surface area contributed by atoms with E-state index in [4.69, 9.17) is 0 Å². The third kappa shape index (κ3) is 3.38. The van der Waals surface area contributed by atoms with Gasteiger partial charge in [-0.2, -0.15) is 0 Å². The van der Waals surface area contributed by atoms with Crippen molar-refractivity contribution in [3.8, 4) is 0 Å². The smallest absolute Gasteiger partial charge is 0.225 e. The molecule has 0 aliphatic heterocycles. The molecule has 20 heavy (non-hydrogen) atoms. The molecule has 5 heteroatoms. The Bertz CT molecular complexity index is 582. The molecule has 0 aliphatic rings. The van der Waals surface area contributed by atoms with Crippen LogP contribution in [0.15, 0.2) is 42.7 Å². The van der Waals surface area contributed by atoms with Gasteiger partial charge in [0.2, 0.25) is 5.91 Å². The van der Waals surface area contributed by atoms with Crippen LogP contribution >= 0.6 is 0 Å². The predicted molar refractivity (Wildman–Crippen MR) is 72.3 cm³/mol. The zero-order valence-electron chi connectivity index (χ0n) is 10.9. The molecule has 0 fully saturated rings. The zero-order chi connectivity index (χ0) is 14.5. The van der Waals surface area contributed by atoms with Gasteiger partial charge in [0.1, 0.15) is 17.3 Å². The fourth-order valence-corrected chi connectivity index (χ4v) is 1.87. The Morgan fingerprint density at radius 1 is 1.25 bits per heavy atom. The van der Waals surface area contributed by atoms with Crippen LogP contribution in [0, 0.1) is 11.6 Å². The number of pyridine rings is 1. The quantitative estimate of drug-likeness (QED) is 0.928. The standard InChI is InChI=1S/C15H14F2N2O/c1-10(11-4-3-7-18-9-11)8-14(20)19-15-12(16)5-2-6-13(15)17/h2-7,9-10H,8H2,1H3,(H,19,20). The summed E-state index contributed by atoms with van der Waals surface area (Å²) in [7, 11) is 0. The predicted octanol–water partition coefficient (Wildman–Crippen LogP) is 3.49. The molecule has 2 rings (SSSR count). The summed E-state index contributed by atoms with van der Waals surface area (Å²) in [5, 5.41) is 2.27. The summed E-state index contributed by atoms with van der Waals surface area (Å²) < 4.78 is 26.8. The lowest BCUT2D eigenvalue weighted by molar-refractivity contribution is -0.116. The van der Waals surface area contributed by atoms with E-state index in [2.05, 4.69) is 10.3 Å². The molecule has 0 radical (unpaired) electrons. The Morgan fingerprint density at radius 2 is 1.95 bits per heavy atom. The van der Waals surface area contributed by atoms with Crippen LogP contribution in [0.1, 0.15) is 24.8 Å². The number of nitrogens with one attached hydrogen (secondary N) is 1. The number of halogens is 2. The molecule has 2 aromatic rings. The molecular formula is C15H14F2N2O. The van der Waals surface area contributed by atoms with Crippen molar-refractivity contribution >= 4 is 11.6 Å². The number of para-hydroxylation sites is 1. The highest BCUT2D eigenvalue weighted by atomic mass is 19.1. The first kappa shape index (κ1) is 14.1. The second-order valence-corrected chi connectivity index (χ2v) is 4.54. The summed E-state index contributed by atoms with van der Waals surface area (Å²) in [6.07, 6.45) is 3.44. The summed E-state index contributed by atoms with van der Waals surface area (Å²) in [6.45, 7) is 1.86. The van der Waals surface area contributed by atoms with Gasteiger partial charge in [-0.1, -0.05) is 19.1 Å². The maximum Gasteiger partial charge on any atom is 0.225 e. The first-order chi connectivity index (χ1) is 9.58. The largest absolute Gasteiger partial charge is 0.321 e. The summed E-state index contributed by atoms with van der Waals surface area (Å²) >= 11 is 0. The van der Waals surface area contributed by atoms with Crippen molar-refractivity contribution in [2.45, 2.75) is 19.3 Å². The van der Waals surface area contributed by atoms with Gasteiger partial charge in [0.05, 0.1) is 0 Å². The lowest BCUT2D eigenvalue weighted by Gasteiger charge is -2.12. The van der Waals surface area contributed by atoms with Crippen LogP contribution < -0.4 is 5.32 Å². The summed E-state index contributed by atoms with van der Waals surface area (Å²) in [5.74, 6) is -2.09. The lowest BCUT2D eigenvalue weighted by atomic mass is 9.99. The molecule has 0 bridgehead atoms. The van der Waals surface area contributed by atoms with Gasteiger partial charge in [-0.05, 0) is 29.7 Å². The van der Waals surface area contributed by atoms with E-state index in [0.29, 0.717) is 0 Å². The van der Waals surface area contributed by atoms with Gasteiger partial charge in [0.15, 0.2) is 0 Å². The number of carbonyl (C=O) groups is 1. The summed E-state index contributed by atoms with van der Waals surface area (Å²) in [6, 6.07) is 7.08. The van der Waals surface area contributed by atoms with Crippen LogP contribution in [0.4, 0.5) is 14.5 Å². The molecule has 1 amide bonds. The Kier molecular flexibility index (Phi) is 4.40. The SMILES string of the molecule is CC(CC(=O)Nc1c(F)cccc1F)c1cccnc1. The van der Waals surface area contributed by atoms with E-state index >= 15 is 0 Å². The van der Waals surface area contributed by atoms with Crippen LogP contribution in [0.25, 0.3) is 0 Å². The highest BCUT2D eigenvalue weighted by Gasteiger charge is 2.15. The van der Waals surface area contributed by atoms with E-state index in [1.54, 1.807) is 18.5 Å². The van der Waals surface area contributed by atoms with Crippen LogP contribution in [0.5, 0.6) is 0 Å². The average Bonchev–Trinajstić information content (AvgIpc) is 2.44. The van der Waals surface area contributed by atoms with Gasteiger partial charge >= 0.3 is 0 Å². The third-order valence-corrected chi connectivity index (χ3v) is 2.97. The number of benzene rings is 1. The maximum atomic E-state index is 13.4.